The Kier molecular flexibility index (Phi) is 6.72. The Morgan fingerprint density at radius 2 is 1.94 bits per heavy atom. The molecular weight excluding hydrogens is 451 g/mol. The van der Waals surface area contributed by atoms with E-state index in [2.05, 4.69) is 10.5 Å². The van der Waals surface area contributed by atoms with Crippen molar-refractivity contribution in [2.24, 2.45) is 0 Å². The van der Waals surface area contributed by atoms with Gasteiger partial charge in [0.25, 0.3) is 0 Å². The molecule has 0 bridgehead atoms. The molecule has 0 fully saturated rings. The predicted octanol–water partition coefficient (Wildman–Crippen LogP) is 6.20. The van der Waals surface area contributed by atoms with Gasteiger partial charge in [0.2, 0.25) is 5.91 Å². The van der Waals surface area contributed by atoms with Crippen LogP contribution in [0.3, 0.4) is 0 Å². The maximum absolute atomic E-state index is 12.6. The second-order valence-corrected chi connectivity index (χ2v) is 8.15. The van der Waals surface area contributed by atoms with Crippen molar-refractivity contribution < 1.29 is 18.8 Å². The number of nitrogens with one attached hydrogen (secondary N) is 1. The number of methoxy groups -OCH3 is 2. The van der Waals surface area contributed by atoms with Gasteiger partial charge < -0.3 is 19.3 Å². The SMILES string of the molecule is COc1ccc(/C=C/C(=O)Nc2cc(-c3onc4c3CCCC4)ccc2Cl)c(Cl)c1OC. The van der Waals surface area contributed by atoms with Crippen LogP contribution in [0.25, 0.3) is 17.4 Å². The third-order valence-electron chi connectivity index (χ3n) is 5.38. The van der Waals surface area contributed by atoms with Crippen LogP contribution in [0.2, 0.25) is 10.0 Å². The zero-order valence-electron chi connectivity index (χ0n) is 17.7. The summed E-state index contributed by atoms with van der Waals surface area (Å²) in [6.07, 6.45) is 7.09. The smallest absolute Gasteiger partial charge is 0.248 e. The maximum atomic E-state index is 12.6. The van der Waals surface area contributed by atoms with Gasteiger partial charge >= 0.3 is 0 Å². The van der Waals surface area contributed by atoms with Crippen LogP contribution >= 0.6 is 23.2 Å². The molecule has 8 heteroatoms. The van der Waals surface area contributed by atoms with Crippen LogP contribution in [-0.2, 0) is 17.6 Å². The van der Waals surface area contributed by atoms with Crippen LogP contribution in [0.4, 0.5) is 5.69 Å². The summed E-state index contributed by atoms with van der Waals surface area (Å²) >= 11 is 12.7. The fraction of sp³-hybridized carbons (Fsp3) is 0.250. The maximum Gasteiger partial charge on any atom is 0.248 e. The van der Waals surface area contributed by atoms with Crippen LogP contribution in [-0.4, -0.2) is 25.3 Å². The number of amides is 1. The lowest BCUT2D eigenvalue weighted by Crippen LogP contribution is -2.08. The molecule has 2 aromatic carbocycles. The summed E-state index contributed by atoms with van der Waals surface area (Å²) in [6, 6.07) is 8.87. The van der Waals surface area contributed by atoms with E-state index in [0.29, 0.717) is 32.8 Å². The van der Waals surface area contributed by atoms with Crippen LogP contribution in [0.1, 0.15) is 29.7 Å². The van der Waals surface area contributed by atoms with Crippen LogP contribution in [0.15, 0.2) is 40.9 Å². The highest BCUT2D eigenvalue weighted by Gasteiger charge is 2.21. The first-order valence-electron chi connectivity index (χ1n) is 10.2. The first-order valence-corrected chi connectivity index (χ1v) is 10.9. The van der Waals surface area contributed by atoms with Gasteiger partial charge in [0.1, 0.15) is 0 Å². The van der Waals surface area contributed by atoms with Gasteiger partial charge in [0, 0.05) is 17.2 Å². The van der Waals surface area contributed by atoms with Gasteiger partial charge in [0.15, 0.2) is 17.3 Å². The molecular formula is C24H22Cl2N2O4. The highest BCUT2D eigenvalue weighted by atomic mass is 35.5. The van der Waals surface area contributed by atoms with E-state index < -0.39 is 0 Å². The summed E-state index contributed by atoms with van der Waals surface area (Å²) in [5.41, 5.74) is 4.08. The standard InChI is InChI=1S/C24H22Cl2N2O4/c1-30-20-11-8-14(22(26)24(20)31-2)9-12-21(29)27-19-13-15(7-10-17(19)25)23-16-5-3-4-6-18(16)28-32-23/h7-13H,3-6H2,1-2H3,(H,27,29)/b12-9+. The van der Waals surface area contributed by atoms with E-state index in [9.17, 15) is 4.79 Å². The molecule has 1 heterocycles. The second-order valence-electron chi connectivity index (χ2n) is 7.37. The minimum absolute atomic E-state index is 0.352. The summed E-state index contributed by atoms with van der Waals surface area (Å²) in [7, 11) is 3.04. The Balaban J connectivity index is 1.54. The Morgan fingerprint density at radius 3 is 2.72 bits per heavy atom. The zero-order chi connectivity index (χ0) is 22.7. The van der Waals surface area contributed by atoms with Crippen molar-refractivity contribution in [2.75, 3.05) is 19.5 Å². The first-order chi connectivity index (χ1) is 15.5. The molecule has 1 amide bonds. The molecule has 1 aliphatic rings. The Labute approximate surface area is 196 Å². The van der Waals surface area contributed by atoms with Gasteiger partial charge in [-0.25, -0.2) is 0 Å². The van der Waals surface area contributed by atoms with Crippen molar-refractivity contribution in [3.8, 4) is 22.8 Å². The quantitative estimate of drug-likeness (QED) is 0.432. The highest BCUT2D eigenvalue weighted by Crippen LogP contribution is 2.38. The van der Waals surface area contributed by atoms with Crippen LogP contribution in [0, 0.1) is 0 Å². The molecule has 0 unspecified atom stereocenters. The molecule has 3 aromatic rings. The second kappa shape index (κ2) is 9.67. The molecule has 32 heavy (non-hydrogen) atoms. The van der Waals surface area contributed by atoms with Crippen molar-refractivity contribution in [1.29, 1.82) is 0 Å². The number of hydrogen-bond acceptors (Lipinski definition) is 5. The van der Waals surface area contributed by atoms with E-state index in [1.165, 1.54) is 20.3 Å². The van der Waals surface area contributed by atoms with E-state index in [0.717, 1.165) is 48.3 Å². The minimum Gasteiger partial charge on any atom is -0.493 e. The lowest BCUT2D eigenvalue weighted by atomic mass is 9.94. The van der Waals surface area contributed by atoms with Crippen molar-refractivity contribution in [3.05, 3.63) is 63.3 Å². The molecule has 0 radical (unpaired) electrons. The third-order valence-corrected chi connectivity index (χ3v) is 6.09. The van der Waals surface area contributed by atoms with Gasteiger partial charge in [-0.2, -0.15) is 0 Å². The topological polar surface area (TPSA) is 73.6 Å². The average Bonchev–Trinajstić information content (AvgIpc) is 3.23. The van der Waals surface area contributed by atoms with E-state index in [4.69, 9.17) is 37.2 Å². The van der Waals surface area contributed by atoms with E-state index in [1.807, 2.05) is 6.07 Å². The zero-order valence-corrected chi connectivity index (χ0v) is 19.2. The largest absolute Gasteiger partial charge is 0.493 e. The molecule has 166 valence electrons. The Bertz CT molecular complexity index is 1190. The van der Waals surface area contributed by atoms with Crippen LogP contribution < -0.4 is 14.8 Å². The van der Waals surface area contributed by atoms with Gasteiger partial charge in [-0.15, -0.1) is 0 Å². The fourth-order valence-electron chi connectivity index (χ4n) is 3.75. The number of carbonyl (C=O) groups excluding carboxylic acids is 1. The molecule has 1 aromatic heterocycles. The number of halogens is 2. The number of nitrogens with zero attached hydrogens (tertiary/aromatic N) is 1. The number of hydrogen-bond donors (Lipinski definition) is 1. The van der Waals surface area contributed by atoms with Gasteiger partial charge in [-0.3, -0.25) is 4.79 Å². The van der Waals surface area contributed by atoms with Crippen molar-refractivity contribution in [3.63, 3.8) is 0 Å². The summed E-state index contributed by atoms with van der Waals surface area (Å²) < 4.78 is 16.1. The normalized spacial score (nSPS) is 13.1. The van der Waals surface area contributed by atoms with E-state index in [-0.39, 0.29) is 5.91 Å². The highest BCUT2D eigenvalue weighted by molar-refractivity contribution is 6.34. The molecule has 0 saturated heterocycles. The molecule has 4 rings (SSSR count). The lowest BCUT2D eigenvalue weighted by Gasteiger charge is -2.11. The molecule has 1 N–H and O–H groups in total. The van der Waals surface area contributed by atoms with Gasteiger partial charge in [0.05, 0.1) is 35.6 Å². The predicted molar refractivity (Wildman–Crippen MR) is 126 cm³/mol. The summed E-state index contributed by atoms with van der Waals surface area (Å²) in [6.45, 7) is 0. The van der Waals surface area contributed by atoms with Gasteiger partial charge in [-0.1, -0.05) is 28.4 Å². The minimum atomic E-state index is -0.352. The lowest BCUT2D eigenvalue weighted by molar-refractivity contribution is -0.111. The fourth-order valence-corrected chi connectivity index (χ4v) is 4.21. The number of rotatable bonds is 6. The summed E-state index contributed by atoms with van der Waals surface area (Å²) in [4.78, 5) is 12.6. The number of fused-ring (bicyclic) bond motifs is 1. The summed E-state index contributed by atoms with van der Waals surface area (Å²) in [5, 5.41) is 7.80. The van der Waals surface area contributed by atoms with Gasteiger partial charge in [-0.05, 0) is 67.7 Å². The number of aryl methyl sites for hydroxylation is 1. The molecule has 1 aliphatic carbocycles. The third kappa shape index (κ3) is 4.47. The number of benzene rings is 2. The summed E-state index contributed by atoms with van der Waals surface area (Å²) in [5.74, 6) is 1.30. The molecule has 0 saturated carbocycles. The Hall–Kier alpha value is -2.96. The number of aromatic nitrogens is 1. The first kappa shape index (κ1) is 22.2. The van der Waals surface area contributed by atoms with E-state index in [1.54, 1.807) is 30.3 Å². The molecule has 0 spiro atoms. The monoisotopic (exact) mass is 472 g/mol. The Morgan fingerprint density at radius 1 is 1.12 bits per heavy atom. The van der Waals surface area contributed by atoms with Crippen molar-refractivity contribution >= 4 is 40.9 Å². The van der Waals surface area contributed by atoms with Crippen molar-refractivity contribution in [2.45, 2.75) is 25.7 Å². The average molecular weight is 473 g/mol. The number of anilines is 1. The molecule has 6 nitrogen and oxygen atoms in total. The number of carbonyl (C=O) groups is 1. The molecule has 0 atom stereocenters. The van der Waals surface area contributed by atoms with Crippen LogP contribution in [0.5, 0.6) is 11.5 Å². The van der Waals surface area contributed by atoms with Crippen molar-refractivity contribution in [1.82, 2.24) is 5.16 Å². The number of ether oxygens (including phenoxy) is 2. The van der Waals surface area contributed by atoms with E-state index >= 15 is 0 Å². The molecule has 0 aliphatic heterocycles.